The SMILES string of the molecule is CC(Cc1ccc(O)c(O)c1)C(=O)Nc1ccc(Nc2ccccc2)cc1. The molecule has 0 aliphatic rings. The summed E-state index contributed by atoms with van der Waals surface area (Å²) in [6.07, 6.45) is 0.466. The van der Waals surface area contributed by atoms with Gasteiger partial charge >= 0.3 is 0 Å². The number of amides is 1. The zero-order valence-electron chi connectivity index (χ0n) is 15.0. The third-order valence-corrected chi connectivity index (χ3v) is 4.24. The Balaban J connectivity index is 1.57. The molecule has 0 heterocycles. The molecule has 5 heteroatoms. The number of aromatic hydroxyl groups is 2. The van der Waals surface area contributed by atoms with Crippen LogP contribution in [0.25, 0.3) is 0 Å². The average molecular weight is 362 g/mol. The predicted molar refractivity (Wildman–Crippen MR) is 107 cm³/mol. The van der Waals surface area contributed by atoms with Gasteiger partial charge in [0.15, 0.2) is 11.5 Å². The Hall–Kier alpha value is -3.47. The van der Waals surface area contributed by atoms with E-state index in [-0.39, 0.29) is 23.3 Å². The first-order chi connectivity index (χ1) is 13.0. The van der Waals surface area contributed by atoms with Crippen molar-refractivity contribution in [3.63, 3.8) is 0 Å². The molecule has 138 valence electrons. The molecule has 1 amide bonds. The number of carbonyl (C=O) groups is 1. The number of benzene rings is 3. The second-order valence-corrected chi connectivity index (χ2v) is 6.49. The number of rotatable bonds is 6. The van der Waals surface area contributed by atoms with Gasteiger partial charge in [-0.3, -0.25) is 4.79 Å². The molecule has 4 N–H and O–H groups in total. The monoisotopic (exact) mass is 362 g/mol. The third-order valence-electron chi connectivity index (χ3n) is 4.24. The van der Waals surface area contributed by atoms with Gasteiger partial charge in [-0.15, -0.1) is 0 Å². The lowest BCUT2D eigenvalue weighted by Crippen LogP contribution is -2.22. The van der Waals surface area contributed by atoms with Crippen molar-refractivity contribution in [2.24, 2.45) is 5.92 Å². The van der Waals surface area contributed by atoms with Crippen molar-refractivity contribution in [2.45, 2.75) is 13.3 Å². The van der Waals surface area contributed by atoms with Crippen LogP contribution in [-0.2, 0) is 11.2 Å². The van der Waals surface area contributed by atoms with Crippen LogP contribution in [0.1, 0.15) is 12.5 Å². The Morgan fingerprint density at radius 1 is 0.852 bits per heavy atom. The lowest BCUT2D eigenvalue weighted by atomic mass is 10.00. The van der Waals surface area contributed by atoms with Crippen LogP contribution in [0.15, 0.2) is 72.8 Å². The third kappa shape index (κ3) is 5.01. The highest BCUT2D eigenvalue weighted by molar-refractivity contribution is 5.92. The Morgan fingerprint density at radius 3 is 2.15 bits per heavy atom. The quantitative estimate of drug-likeness (QED) is 0.481. The summed E-state index contributed by atoms with van der Waals surface area (Å²) in [5.74, 6) is -0.732. The van der Waals surface area contributed by atoms with Gasteiger partial charge in [0.05, 0.1) is 0 Å². The number of phenolic OH excluding ortho intramolecular Hbond substituents is 2. The average Bonchev–Trinajstić information content (AvgIpc) is 2.67. The summed E-state index contributed by atoms with van der Waals surface area (Å²) >= 11 is 0. The molecule has 0 aliphatic carbocycles. The predicted octanol–water partition coefficient (Wildman–Crippen LogP) is 4.66. The standard InChI is InChI=1S/C22H22N2O3/c1-15(13-16-7-12-20(25)21(26)14-16)22(27)24-19-10-8-18(9-11-19)23-17-5-3-2-4-6-17/h2-12,14-15,23,25-26H,13H2,1H3,(H,24,27). The Labute approximate surface area is 158 Å². The molecular weight excluding hydrogens is 340 g/mol. The van der Waals surface area contributed by atoms with Gasteiger partial charge in [0.1, 0.15) is 0 Å². The Bertz CT molecular complexity index is 909. The van der Waals surface area contributed by atoms with Crippen LogP contribution < -0.4 is 10.6 Å². The highest BCUT2D eigenvalue weighted by atomic mass is 16.3. The van der Waals surface area contributed by atoms with Crippen LogP contribution in [0.5, 0.6) is 11.5 Å². The Morgan fingerprint density at radius 2 is 1.48 bits per heavy atom. The highest BCUT2D eigenvalue weighted by Crippen LogP contribution is 2.26. The number of anilines is 3. The maximum atomic E-state index is 12.4. The summed E-state index contributed by atoms with van der Waals surface area (Å²) in [5, 5.41) is 25.1. The maximum Gasteiger partial charge on any atom is 0.227 e. The number of hydrogen-bond acceptors (Lipinski definition) is 4. The van der Waals surface area contributed by atoms with Gasteiger partial charge < -0.3 is 20.8 Å². The second kappa shape index (κ2) is 8.27. The van der Waals surface area contributed by atoms with Crippen LogP contribution in [-0.4, -0.2) is 16.1 Å². The van der Waals surface area contributed by atoms with Crippen LogP contribution in [0.4, 0.5) is 17.1 Å². The molecule has 0 saturated carbocycles. The molecule has 0 saturated heterocycles. The van der Waals surface area contributed by atoms with E-state index in [1.165, 1.54) is 12.1 Å². The molecular formula is C22H22N2O3. The summed E-state index contributed by atoms with van der Waals surface area (Å²) in [7, 11) is 0. The molecule has 5 nitrogen and oxygen atoms in total. The maximum absolute atomic E-state index is 12.4. The normalized spacial score (nSPS) is 11.6. The van der Waals surface area contributed by atoms with Crippen molar-refractivity contribution in [1.29, 1.82) is 0 Å². The van der Waals surface area contributed by atoms with E-state index in [2.05, 4.69) is 10.6 Å². The molecule has 3 rings (SSSR count). The molecule has 0 aromatic heterocycles. The van der Waals surface area contributed by atoms with E-state index < -0.39 is 0 Å². The van der Waals surface area contributed by atoms with Crippen LogP contribution >= 0.6 is 0 Å². The molecule has 1 unspecified atom stereocenters. The number of carbonyl (C=O) groups excluding carboxylic acids is 1. The number of phenols is 2. The van der Waals surface area contributed by atoms with Gasteiger partial charge in [-0.05, 0) is 60.5 Å². The van der Waals surface area contributed by atoms with Crippen molar-refractivity contribution >= 4 is 23.0 Å². The minimum atomic E-state index is -0.281. The topological polar surface area (TPSA) is 81.6 Å². The molecule has 3 aromatic carbocycles. The molecule has 0 fully saturated rings. The number of hydrogen-bond donors (Lipinski definition) is 4. The van der Waals surface area contributed by atoms with E-state index >= 15 is 0 Å². The van der Waals surface area contributed by atoms with E-state index in [9.17, 15) is 15.0 Å². The van der Waals surface area contributed by atoms with Crippen LogP contribution in [0.2, 0.25) is 0 Å². The minimum absolute atomic E-state index is 0.105. The molecule has 0 spiro atoms. The largest absolute Gasteiger partial charge is 0.504 e. The number of para-hydroxylation sites is 1. The first-order valence-electron chi connectivity index (χ1n) is 8.75. The summed E-state index contributed by atoms with van der Waals surface area (Å²) < 4.78 is 0. The molecule has 27 heavy (non-hydrogen) atoms. The first kappa shape index (κ1) is 18.3. The van der Waals surface area contributed by atoms with Gasteiger partial charge in [-0.2, -0.15) is 0 Å². The van der Waals surface area contributed by atoms with Crippen molar-refractivity contribution in [3.05, 3.63) is 78.4 Å². The summed E-state index contributed by atoms with van der Waals surface area (Å²) in [4.78, 5) is 12.4. The molecule has 0 bridgehead atoms. The van der Waals surface area contributed by atoms with E-state index in [1.54, 1.807) is 6.07 Å². The lowest BCUT2D eigenvalue weighted by molar-refractivity contribution is -0.119. The fraction of sp³-hybridized carbons (Fsp3) is 0.136. The molecule has 0 aliphatic heterocycles. The van der Waals surface area contributed by atoms with E-state index in [4.69, 9.17) is 0 Å². The van der Waals surface area contributed by atoms with Gasteiger partial charge in [0.25, 0.3) is 0 Å². The smallest absolute Gasteiger partial charge is 0.227 e. The lowest BCUT2D eigenvalue weighted by Gasteiger charge is -2.13. The van der Waals surface area contributed by atoms with Gasteiger partial charge in [-0.25, -0.2) is 0 Å². The molecule has 3 aromatic rings. The van der Waals surface area contributed by atoms with E-state index in [0.717, 1.165) is 22.6 Å². The summed E-state index contributed by atoms with van der Waals surface area (Å²) in [6.45, 7) is 1.82. The van der Waals surface area contributed by atoms with Gasteiger partial charge in [-0.1, -0.05) is 31.2 Å². The van der Waals surface area contributed by atoms with E-state index in [0.29, 0.717) is 6.42 Å². The number of nitrogens with one attached hydrogen (secondary N) is 2. The van der Waals surface area contributed by atoms with Gasteiger partial charge in [0.2, 0.25) is 5.91 Å². The Kier molecular flexibility index (Phi) is 5.61. The van der Waals surface area contributed by atoms with Crippen molar-refractivity contribution in [3.8, 4) is 11.5 Å². The van der Waals surface area contributed by atoms with Crippen molar-refractivity contribution in [1.82, 2.24) is 0 Å². The fourth-order valence-corrected chi connectivity index (χ4v) is 2.73. The van der Waals surface area contributed by atoms with Crippen molar-refractivity contribution < 1.29 is 15.0 Å². The molecule has 0 radical (unpaired) electrons. The van der Waals surface area contributed by atoms with E-state index in [1.807, 2.05) is 61.5 Å². The van der Waals surface area contributed by atoms with Crippen molar-refractivity contribution in [2.75, 3.05) is 10.6 Å². The summed E-state index contributed by atoms with van der Waals surface area (Å²) in [5.41, 5.74) is 3.45. The van der Waals surface area contributed by atoms with Crippen LogP contribution in [0.3, 0.4) is 0 Å². The van der Waals surface area contributed by atoms with Gasteiger partial charge in [0, 0.05) is 23.0 Å². The minimum Gasteiger partial charge on any atom is -0.504 e. The zero-order valence-corrected chi connectivity index (χ0v) is 15.0. The first-order valence-corrected chi connectivity index (χ1v) is 8.75. The van der Waals surface area contributed by atoms with Crippen LogP contribution in [0, 0.1) is 5.92 Å². The summed E-state index contributed by atoms with van der Waals surface area (Å²) in [6, 6.07) is 22.0. The fourth-order valence-electron chi connectivity index (χ4n) is 2.73. The second-order valence-electron chi connectivity index (χ2n) is 6.49. The molecule has 1 atom stereocenters. The zero-order chi connectivity index (χ0) is 19.2. The highest BCUT2D eigenvalue weighted by Gasteiger charge is 2.14.